The van der Waals surface area contributed by atoms with E-state index in [-0.39, 0.29) is 49.0 Å². The first kappa shape index (κ1) is 18.8. The summed E-state index contributed by atoms with van der Waals surface area (Å²) in [5.74, 6) is -1.03. The largest absolute Gasteiger partial charge is 0.371 e. The highest BCUT2D eigenvalue weighted by Gasteiger charge is 2.51. The SMILES string of the molecule is CC1(C)OC2COC(CNCC3OCC4OC(C)(C)OC34)C2O1.Cl. The third-order valence-corrected chi connectivity index (χ3v) is 4.82. The second kappa shape index (κ2) is 6.63. The zero-order valence-electron chi connectivity index (χ0n) is 14.7. The Balaban J connectivity index is 0.00000169. The van der Waals surface area contributed by atoms with Gasteiger partial charge in [0, 0.05) is 13.1 Å². The highest BCUT2D eigenvalue weighted by Crippen LogP contribution is 2.36. The summed E-state index contributed by atoms with van der Waals surface area (Å²) >= 11 is 0. The Morgan fingerprint density at radius 3 is 1.58 bits per heavy atom. The van der Waals surface area contributed by atoms with Crippen molar-refractivity contribution in [3.63, 3.8) is 0 Å². The van der Waals surface area contributed by atoms with Gasteiger partial charge in [0.2, 0.25) is 0 Å². The Hall–Kier alpha value is 0.01000. The van der Waals surface area contributed by atoms with Crippen LogP contribution < -0.4 is 5.32 Å². The molecule has 4 heterocycles. The summed E-state index contributed by atoms with van der Waals surface area (Å²) in [7, 11) is 0. The van der Waals surface area contributed by atoms with Gasteiger partial charge in [-0.2, -0.15) is 0 Å². The lowest BCUT2D eigenvalue weighted by Gasteiger charge is -2.24. The minimum atomic E-state index is -0.514. The van der Waals surface area contributed by atoms with Gasteiger partial charge in [-0.3, -0.25) is 0 Å². The van der Waals surface area contributed by atoms with Gasteiger partial charge in [0.25, 0.3) is 0 Å². The fourth-order valence-electron chi connectivity index (χ4n) is 3.96. The van der Waals surface area contributed by atoms with Gasteiger partial charge in [0.05, 0.1) is 25.4 Å². The number of nitrogens with one attached hydrogen (secondary N) is 1. The van der Waals surface area contributed by atoms with Crippen molar-refractivity contribution < 1.29 is 28.4 Å². The van der Waals surface area contributed by atoms with E-state index in [1.165, 1.54) is 0 Å². The van der Waals surface area contributed by atoms with Crippen LogP contribution in [0.2, 0.25) is 0 Å². The first-order valence-electron chi connectivity index (χ1n) is 8.48. The number of hydrogen-bond donors (Lipinski definition) is 1. The second-order valence-electron chi connectivity index (χ2n) is 7.68. The van der Waals surface area contributed by atoms with Gasteiger partial charge in [-0.25, -0.2) is 0 Å². The van der Waals surface area contributed by atoms with Crippen LogP contribution in [0.5, 0.6) is 0 Å². The average Bonchev–Trinajstić information content (AvgIpc) is 3.11. The van der Waals surface area contributed by atoms with Crippen LogP contribution in [0, 0.1) is 0 Å². The molecule has 6 unspecified atom stereocenters. The summed E-state index contributed by atoms with van der Waals surface area (Å²) in [4.78, 5) is 0. The predicted octanol–water partition coefficient (Wildman–Crippen LogP) is 0.836. The zero-order valence-corrected chi connectivity index (χ0v) is 15.5. The molecule has 0 aromatic carbocycles. The van der Waals surface area contributed by atoms with Crippen LogP contribution in [-0.2, 0) is 28.4 Å². The Labute approximate surface area is 149 Å². The molecule has 24 heavy (non-hydrogen) atoms. The normalized spacial score (nSPS) is 45.0. The van der Waals surface area contributed by atoms with Crippen molar-refractivity contribution in [1.82, 2.24) is 5.32 Å². The van der Waals surface area contributed by atoms with Gasteiger partial charge in [-0.1, -0.05) is 0 Å². The molecule has 0 radical (unpaired) electrons. The fraction of sp³-hybridized carbons (Fsp3) is 1.00. The molecule has 0 saturated carbocycles. The van der Waals surface area contributed by atoms with Crippen LogP contribution in [0.3, 0.4) is 0 Å². The third kappa shape index (κ3) is 3.59. The van der Waals surface area contributed by atoms with E-state index in [9.17, 15) is 0 Å². The van der Waals surface area contributed by atoms with Crippen molar-refractivity contribution in [2.45, 2.75) is 75.9 Å². The maximum atomic E-state index is 5.94. The molecule has 4 aliphatic rings. The lowest BCUT2D eigenvalue weighted by atomic mass is 10.1. The number of ether oxygens (including phenoxy) is 6. The lowest BCUT2D eigenvalue weighted by molar-refractivity contribution is -0.176. The van der Waals surface area contributed by atoms with Gasteiger partial charge in [0.15, 0.2) is 11.6 Å². The molecule has 8 heteroatoms. The minimum absolute atomic E-state index is 0. The summed E-state index contributed by atoms with van der Waals surface area (Å²) in [6.45, 7) is 10.4. The summed E-state index contributed by atoms with van der Waals surface area (Å²) < 4.78 is 35.1. The first-order chi connectivity index (χ1) is 10.8. The highest BCUT2D eigenvalue weighted by atomic mass is 35.5. The fourth-order valence-corrected chi connectivity index (χ4v) is 3.96. The monoisotopic (exact) mass is 365 g/mol. The van der Waals surface area contributed by atoms with Gasteiger partial charge in [0.1, 0.15) is 24.4 Å². The number of rotatable bonds is 4. The Morgan fingerprint density at radius 1 is 0.750 bits per heavy atom. The summed E-state index contributed by atoms with van der Waals surface area (Å²) in [6.07, 6.45) is 0.0966. The molecule has 6 atom stereocenters. The Bertz CT molecular complexity index is 422. The first-order valence-corrected chi connectivity index (χ1v) is 8.48. The van der Waals surface area contributed by atoms with Crippen LogP contribution in [-0.4, -0.2) is 74.5 Å². The maximum absolute atomic E-state index is 5.94. The predicted molar refractivity (Wildman–Crippen MR) is 87.2 cm³/mol. The molecule has 4 aliphatic heterocycles. The van der Waals surface area contributed by atoms with Gasteiger partial charge >= 0.3 is 0 Å². The van der Waals surface area contributed by atoms with E-state index in [1.807, 2.05) is 27.7 Å². The third-order valence-electron chi connectivity index (χ3n) is 4.82. The molecule has 0 aliphatic carbocycles. The molecule has 0 spiro atoms. The maximum Gasteiger partial charge on any atom is 0.164 e. The van der Waals surface area contributed by atoms with Crippen molar-refractivity contribution in [2.75, 3.05) is 26.3 Å². The molecular weight excluding hydrogens is 338 g/mol. The van der Waals surface area contributed by atoms with Gasteiger partial charge in [-0.15, -0.1) is 12.4 Å². The molecule has 140 valence electrons. The molecule has 0 aromatic rings. The topological polar surface area (TPSA) is 67.4 Å². The van der Waals surface area contributed by atoms with E-state index in [0.29, 0.717) is 26.3 Å². The zero-order chi connectivity index (χ0) is 16.2. The van der Waals surface area contributed by atoms with Crippen molar-refractivity contribution in [3.8, 4) is 0 Å². The molecule has 4 fully saturated rings. The smallest absolute Gasteiger partial charge is 0.164 e. The van der Waals surface area contributed by atoms with Gasteiger partial charge < -0.3 is 33.7 Å². The van der Waals surface area contributed by atoms with Crippen molar-refractivity contribution in [2.24, 2.45) is 0 Å². The van der Waals surface area contributed by atoms with E-state index >= 15 is 0 Å². The minimum Gasteiger partial charge on any atom is -0.371 e. The van der Waals surface area contributed by atoms with Crippen LogP contribution in [0.25, 0.3) is 0 Å². The standard InChI is InChI=1S/C16H27NO6.ClH/c1-15(2)20-11-7-18-9(13(11)22-15)5-17-6-10-14-12(8-19-10)21-16(3,4)23-14;/h9-14,17H,5-8H2,1-4H3;1H. The van der Waals surface area contributed by atoms with E-state index in [1.54, 1.807) is 0 Å². The summed E-state index contributed by atoms with van der Waals surface area (Å²) in [5, 5.41) is 3.43. The van der Waals surface area contributed by atoms with Crippen molar-refractivity contribution in [1.29, 1.82) is 0 Å². The van der Waals surface area contributed by atoms with E-state index in [0.717, 1.165) is 0 Å². The summed E-state index contributed by atoms with van der Waals surface area (Å²) in [6, 6.07) is 0. The van der Waals surface area contributed by atoms with Crippen molar-refractivity contribution >= 4 is 12.4 Å². The van der Waals surface area contributed by atoms with Gasteiger partial charge in [-0.05, 0) is 27.7 Å². The molecule has 7 nitrogen and oxygen atoms in total. The molecular formula is C16H28ClNO6. The molecule has 0 amide bonds. The second-order valence-corrected chi connectivity index (χ2v) is 7.68. The Kier molecular flexibility index (Phi) is 5.19. The highest BCUT2D eigenvalue weighted by molar-refractivity contribution is 5.85. The number of halogens is 1. The Morgan fingerprint density at radius 2 is 1.17 bits per heavy atom. The quantitative estimate of drug-likeness (QED) is 0.791. The molecule has 0 bridgehead atoms. The van der Waals surface area contributed by atoms with Crippen LogP contribution in [0.4, 0.5) is 0 Å². The van der Waals surface area contributed by atoms with E-state index in [4.69, 9.17) is 28.4 Å². The van der Waals surface area contributed by atoms with Crippen LogP contribution >= 0.6 is 12.4 Å². The van der Waals surface area contributed by atoms with Crippen molar-refractivity contribution in [3.05, 3.63) is 0 Å². The number of fused-ring (bicyclic) bond motifs is 2. The average molecular weight is 366 g/mol. The van der Waals surface area contributed by atoms with Crippen LogP contribution in [0.15, 0.2) is 0 Å². The lowest BCUT2D eigenvalue weighted by Crippen LogP contribution is -2.43. The number of hydrogen-bond acceptors (Lipinski definition) is 7. The molecule has 1 N–H and O–H groups in total. The van der Waals surface area contributed by atoms with Crippen LogP contribution in [0.1, 0.15) is 27.7 Å². The summed E-state index contributed by atoms with van der Waals surface area (Å²) in [5.41, 5.74) is 0. The van der Waals surface area contributed by atoms with E-state index in [2.05, 4.69) is 5.32 Å². The molecule has 4 rings (SSSR count). The molecule has 4 saturated heterocycles. The molecule has 0 aromatic heterocycles. The van der Waals surface area contributed by atoms with E-state index < -0.39 is 11.6 Å².